The Morgan fingerprint density at radius 2 is 1.82 bits per heavy atom. The second-order valence-corrected chi connectivity index (χ2v) is 3.17. The lowest BCUT2D eigenvalue weighted by molar-refractivity contribution is -0.274. The van der Waals surface area contributed by atoms with Crippen LogP contribution in [0, 0.1) is 0 Å². The molecular formula is C11H11F3O3. The van der Waals surface area contributed by atoms with Crippen molar-refractivity contribution in [3.8, 4) is 5.75 Å². The first-order valence-corrected chi connectivity index (χ1v) is 4.91. The van der Waals surface area contributed by atoms with Gasteiger partial charge < -0.3 is 9.47 Å². The van der Waals surface area contributed by atoms with E-state index >= 15 is 0 Å². The first-order chi connectivity index (χ1) is 7.90. The Hall–Kier alpha value is -1.72. The van der Waals surface area contributed by atoms with E-state index < -0.39 is 12.3 Å². The lowest BCUT2D eigenvalue weighted by atomic mass is 10.1. The maximum atomic E-state index is 11.9. The van der Waals surface area contributed by atoms with E-state index in [0.717, 1.165) is 12.1 Å². The summed E-state index contributed by atoms with van der Waals surface area (Å²) in [5, 5.41) is 0. The van der Waals surface area contributed by atoms with Crippen LogP contribution in [-0.4, -0.2) is 18.9 Å². The Kier molecular flexibility index (Phi) is 4.37. The van der Waals surface area contributed by atoms with Crippen molar-refractivity contribution in [2.24, 2.45) is 0 Å². The number of hydrogen-bond donors (Lipinski definition) is 0. The molecule has 0 aliphatic rings. The SMILES string of the molecule is CCOC(=O)Cc1ccc(OC(F)(F)F)cc1. The highest BCUT2D eigenvalue weighted by Gasteiger charge is 2.30. The standard InChI is InChI=1S/C11H11F3O3/c1-2-16-10(15)7-8-3-5-9(6-4-8)17-11(12,13)14/h3-6H,2,7H2,1H3. The molecule has 94 valence electrons. The van der Waals surface area contributed by atoms with E-state index in [1.807, 2.05) is 0 Å². The summed E-state index contributed by atoms with van der Waals surface area (Å²) in [6, 6.07) is 5.08. The van der Waals surface area contributed by atoms with E-state index in [1.54, 1.807) is 6.92 Å². The smallest absolute Gasteiger partial charge is 0.466 e. The van der Waals surface area contributed by atoms with Crippen molar-refractivity contribution in [3.05, 3.63) is 29.8 Å². The van der Waals surface area contributed by atoms with Crippen LogP contribution in [0.15, 0.2) is 24.3 Å². The van der Waals surface area contributed by atoms with Gasteiger partial charge in [-0.05, 0) is 24.6 Å². The molecule has 3 nitrogen and oxygen atoms in total. The third kappa shape index (κ3) is 5.24. The molecule has 0 N–H and O–H groups in total. The Bertz CT molecular complexity index is 371. The van der Waals surface area contributed by atoms with Crippen molar-refractivity contribution < 1.29 is 27.4 Å². The monoisotopic (exact) mass is 248 g/mol. The summed E-state index contributed by atoms with van der Waals surface area (Å²) in [4.78, 5) is 11.1. The maximum absolute atomic E-state index is 11.9. The summed E-state index contributed by atoms with van der Waals surface area (Å²) in [5.41, 5.74) is 0.568. The zero-order chi connectivity index (χ0) is 12.9. The Balaban J connectivity index is 2.59. The summed E-state index contributed by atoms with van der Waals surface area (Å²) in [6.07, 6.45) is -4.68. The van der Waals surface area contributed by atoms with E-state index in [9.17, 15) is 18.0 Å². The molecule has 0 amide bonds. The molecule has 0 aromatic heterocycles. The van der Waals surface area contributed by atoms with E-state index in [4.69, 9.17) is 4.74 Å². The second kappa shape index (κ2) is 5.56. The fourth-order valence-electron chi connectivity index (χ4n) is 1.19. The van der Waals surface area contributed by atoms with E-state index in [0.29, 0.717) is 5.56 Å². The summed E-state index contributed by atoms with van der Waals surface area (Å²) >= 11 is 0. The predicted molar refractivity (Wildman–Crippen MR) is 53.5 cm³/mol. The fourth-order valence-corrected chi connectivity index (χ4v) is 1.19. The number of carbonyl (C=O) groups excluding carboxylic acids is 1. The van der Waals surface area contributed by atoms with Crippen LogP contribution >= 0.6 is 0 Å². The van der Waals surface area contributed by atoms with Crippen molar-refractivity contribution in [2.45, 2.75) is 19.7 Å². The zero-order valence-electron chi connectivity index (χ0n) is 9.08. The minimum absolute atomic E-state index is 0.0279. The highest BCUT2D eigenvalue weighted by atomic mass is 19.4. The van der Waals surface area contributed by atoms with Crippen molar-refractivity contribution >= 4 is 5.97 Å². The summed E-state index contributed by atoms with van der Waals surface area (Å²) in [7, 11) is 0. The molecule has 0 saturated carbocycles. The van der Waals surface area contributed by atoms with Gasteiger partial charge in [-0.3, -0.25) is 4.79 Å². The van der Waals surface area contributed by atoms with Crippen LogP contribution in [0.5, 0.6) is 5.75 Å². The van der Waals surface area contributed by atoms with Crippen molar-refractivity contribution in [3.63, 3.8) is 0 Å². The fraction of sp³-hybridized carbons (Fsp3) is 0.364. The van der Waals surface area contributed by atoms with E-state index in [2.05, 4.69) is 4.74 Å². The molecule has 0 unspecified atom stereocenters. The summed E-state index contributed by atoms with van der Waals surface area (Å²) in [6.45, 7) is 1.95. The predicted octanol–water partition coefficient (Wildman–Crippen LogP) is 2.69. The molecule has 0 heterocycles. The third-order valence-corrected chi connectivity index (χ3v) is 1.81. The zero-order valence-corrected chi connectivity index (χ0v) is 9.08. The second-order valence-electron chi connectivity index (χ2n) is 3.17. The van der Waals surface area contributed by atoms with Gasteiger partial charge in [0.25, 0.3) is 0 Å². The van der Waals surface area contributed by atoms with Crippen LogP contribution in [0.2, 0.25) is 0 Å². The molecule has 0 spiro atoms. The molecule has 0 fully saturated rings. The molecule has 0 aliphatic carbocycles. The highest BCUT2D eigenvalue weighted by Crippen LogP contribution is 2.22. The van der Waals surface area contributed by atoms with Crippen molar-refractivity contribution in [2.75, 3.05) is 6.61 Å². The van der Waals surface area contributed by atoms with Crippen LogP contribution in [0.1, 0.15) is 12.5 Å². The van der Waals surface area contributed by atoms with Crippen molar-refractivity contribution in [1.29, 1.82) is 0 Å². The van der Waals surface area contributed by atoms with Gasteiger partial charge in [0.1, 0.15) is 5.75 Å². The molecule has 0 saturated heterocycles. The van der Waals surface area contributed by atoms with Crippen molar-refractivity contribution in [1.82, 2.24) is 0 Å². The Morgan fingerprint density at radius 1 is 1.24 bits per heavy atom. The Labute approximate surface area is 96.1 Å². The first-order valence-electron chi connectivity index (χ1n) is 4.91. The number of halogens is 3. The van der Waals surface area contributed by atoms with Crippen LogP contribution < -0.4 is 4.74 Å². The van der Waals surface area contributed by atoms with E-state index in [1.165, 1.54) is 12.1 Å². The normalized spacial score (nSPS) is 11.1. The number of hydrogen-bond acceptors (Lipinski definition) is 3. The number of alkyl halides is 3. The number of rotatable bonds is 4. The lowest BCUT2D eigenvalue weighted by Crippen LogP contribution is -2.17. The number of ether oxygens (including phenoxy) is 2. The average Bonchev–Trinajstić information content (AvgIpc) is 2.19. The minimum atomic E-state index is -4.71. The van der Waals surface area contributed by atoms with Gasteiger partial charge in [0.05, 0.1) is 13.0 Å². The number of esters is 1. The van der Waals surface area contributed by atoms with Crippen LogP contribution in [0.25, 0.3) is 0 Å². The average molecular weight is 248 g/mol. The topological polar surface area (TPSA) is 35.5 Å². The van der Waals surface area contributed by atoms with Gasteiger partial charge in [-0.2, -0.15) is 0 Å². The minimum Gasteiger partial charge on any atom is -0.466 e. The largest absolute Gasteiger partial charge is 0.573 e. The molecule has 0 bridgehead atoms. The number of benzene rings is 1. The van der Waals surface area contributed by atoms with Gasteiger partial charge in [0, 0.05) is 0 Å². The van der Waals surface area contributed by atoms with Crippen LogP contribution in [0.3, 0.4) is 0 Å². The maximum Gasteiger partial charge on any atom is 0.573 e. The van der Waals surface area contributed by atoms with Gasteiger partial charge in [0.2, 0.25) is 0 Å². The van der Waals surface area contributed by atoms with Gasteiger partial charge in [-0.25, -0.2) is 0 Å². The molecule has 0 aliphatic heterocycles. The first kappa shape index (κ1) is 13.3. The van der Waals surface area contributed by atoms with Gasteiger partial charge in [-0.15, -0.1) is 13.2 Å². The molecule has 0 radical (unpaired) electrons. The molecule has 17 heavy (non-hydrogen) atoms. The summed E-state index contributed by atoms with van der Waals surface area (Å²) < 4.78 is 44.0. The molecule has 6 heteroatoms. The Morgan fingerprint density at radius 3 is 2.29 bits per heavy atom. The summed E-state index contributed by atoms with van der Waals surface area (Å²) in [5.74, 6) is -0.734. The molecule has 1 aromatic rings. The molecule has 0 atom stereocenters. The van der Waals surface area contributed by atoms with Crippen LogP contribution in [0.4, 0.5) is 13.2 Å². The lowest BCUT2D eigenvalue weighted by Gasteiger charge is -2.09. The highest BCUT2D eigenvalue weighted by molar-refractivity contribution is 5.72. The van der Waals surface area contributed by atoms with Gasteiger partial charge in [-0.1, -0.05) is 12.1 Å². The molecule has 1 rings (SSSR count). The molecular weight excluding hydrogens is 237 g/mol. The van der Waals surface area contributed by atoms with Crippen LogP contribution in [-0.2, 0) is 16.0 Å². The van der Waals surface area contributed by atoms with Gasteiger partial charge in [0.15, 0.2) is 0 Å². The quantitative estimate of drug-likeness (QED) is 0.768. The third-order valence-electron chi connectivity index (χ3n) is 1.81. The molecule has 1 aromatic carbocycles. The number of carbonyl (C=O) groups is 1. The van der Waals surface area contributed by atoms with Gasteiger partial charge >= 0.3 is 12.3 Å². The van der Waals surface area contributed by atoms with E-state index in [-0.39, 0.29) is 18.8 Å².